The second kappa shape index (κ2) is 15.0. The van der Waals surface area contributed by atoms with E-state index in [1.54, 1.807) is 49.4 Å². The van der Waals surface area contributed by atoms with Gasteiger partial charge in [-0.15, -0.1) is 0 Å². The summed E-state index contributed by atoms with van der Waals surface area (Å²) in [5, 5.41) is 3.77. The van der Waals surface area contributed by atoms with Crippen LogP contribution in [0, 0.1) is 5.92 Å². The predicted octanol–water partition coefficient (Wildman–Crippen LogP) is 6.43. The molecule has 0 heterocycles. The van der Waals surface area contributed by atoms with Crippen LogP contribution in [0.1, 0.15) is 32.8 Å². The number of hydrogen-bond donors (Lipinski definition) is 1. The molecule has 1 N–H and O–H groups in total. The van der Waals surface area contributed by atoms with Gasteiger partial charge in [-0.05, 0) is 60.4 Å². The Hall–Kier alpha value is -2.98. The minimum absolute atomic E-state index is 0.0186. The van der Waals surface area contributed by atoms with Crippen molar-refractivity contribution in [2.75, 3.05) is 24.5 Å². The Morgan fingerprint density at radius 3 is 2.24 bits per heavy atom. The van der Waals surface area contributed by atoms with E-state index < -0.39 is 28.5 Å². The van der Waals surface area contributed by atoms with E-state index in [0.29, 0.717) is 17.1 Å². The van der Waals surface area contributed by atoms with Gasteiger partial charge in [0, 0.05) is 18.1 Å². The summed E-state index contributed by atoms with van der Waals surface area (Å²) in [6.07, 6.45) is 0.281. The predicted molar refractivity (Wildman–Crippen MR) is 168 cm³/mol. The summed E-state index contributed by atoms with van der Waals surface area (Å²) >= 11 is 18.6. The molecule has 3 aromatic rings. The van der Waals surface area contributed by atoms with Gasteiger partial charge in [-0.2, -0.15) is 0 Å². The molecule has 0 fully saturated rings. The molecule has 0 aliphatic rings. The first-order valence-corrected chi connectivity index (χ1v) is 15.9. The number of halogens is 3. The molecule has 0 bridgehead atoms. The highest BCUT2D eigenvalue weighted by atomic mass is 35.5. The van der Waals surface area contributed by atoms with Gasteiger partial charge in [-0.3, -0.25) is 13.9 Å². The van der Waals surface area contributed by atoms with Gasteiger partial charge in [0.15, 0.2) is 0 Å². The van der Waals surface area contributed by atoms with Crippen LogP contribution in [-0.2, 0) is 26.2 Å². The summed E-state index contributed by atoms with van der Waals surface area (Å²) < 4.78 is 34.4. The number of nitrogens with zero attached hydrogens (tertiary/aromatic N) is 2. The first kappa shape index (κ1) is 33.5. The average molecular weight is 655 g/mol. The van der Waals surface area contributed by atoms with E-state index in [1.165, 1.54) is 36.3 Å². The Kier molecular flexibility index (Phi) is 11.9. The lowest BCUT2D eigenvalue weighted by Gasteiger charge is -2.33. The van der Waals surface area contributed by atoms with Gasteiger partial charge in [0.2, 0.25) is 11.8 Å². The highest BCUT2D eigenvalue weighted by molar-refractivity contribution is 7.92. The van der Waals surface area contributed by atoms with Crippen LogP contribution in [0.5, 0.6) is 5.75 Å². The molecule has 0 aliphatic carbocycles. The molecule has 8 nitrogen and oxygen atoms in total. The molecule has 0 saturated carbocycles. The molecule has 3 rings (SSSR count). The SMILES string of the molecule is CCC(C(=O)NCC(C)C)N(Cc1ccc(Cl)c(Cl)c1)C(=O)CN(c1cc(Cl)ccc1OC)S(=O)(=O)c1ccccc1. The van der Waals surface area contributed by atoms with Gasteiger partial charge in [0.25, 0.3) is 10.0 Å². The van der Waals surface area contributed by atoms with Gasteiger partial charge in [-0.1, -0.05) is 79.8 Å². The number of ether oxygens (including phenoxy) is 1. The highest BCUT2D eigenvalue weighted by Gasteiger charge is 2.35. The maximum atomic E-state index is 14.2. The lowest BCUT2D eigenvalue weighted by molar-refractivity contribution is -0.140. The summed E-state index contributed by atoms with van der Waals surface area (Å²) in [7, 11) is -2.89. The van der Waals surface area contributed by atoms with Crippen LogP contribution in [0.15, 0.2) is 71.6 Å². The van der Waals surface area contributed by atoms with Crippen molar-refractivity contribution in [1.82, 2.24) is 10.2 Å². The Balaban J connectivity index is 2.12. The third-order valence-electron chi connectivity index (χ3n) is 6.43. The highest BCUT2D eigenvalue weighted by Crippen LogP contribution is 2.35. The molecule has 2 amide bonds. The lowest BCUT2D eigenvalue weighted by Crippen LogP contribution is -2.52. The number of hydrogen-bond acceptors (Lipinski definition) is 5. The van der Waals surface area contributed by atoms with Crippen LogP contribution in [0.25, 0.3) is 0 Å². The summed E-state index contributed by atoms with van der Waals surface area (Å²) in [5.41, 5.74) is 0.694. The van der Waals surface area contributed by atoms with Crippen molar-refractivity contribution in [2.24, 2.45) is 5.92 Å². The molecular formula is C30H34Cl3N3O5S. The Morgan fingerprint density at radius 2 is 1.64 bits per heavy atom. The number of methoxy groups -OCH3 is 1. The third kappa shape index (κ3) is 8.31. The average Bonchev–Trinajstić information content (AvgIpc) is 2.96. The van der Waals surface area contributed by atoms with Crippen molar-refractivity contribution in [1.29, 1.82) is 0 Å². The van der Waals surface area contributed by atoms with Gasteiger partial charge in [0.05, 0.1) is 27.7 Å². The second-order valence-corrected chi connectivity index (χ2v) is 13.1. The molecule has 0 radical (unpaired) electrons. The normalized spacial score (nSPS) is 12.1. The number of benzene rings is 3. The first-order chi connectivity index (χ1) is 19.9. The Morgan fingerprint density at radius 1 is 0.952 bits per heavy atom. The lowest BCUT2D eigenvalue weighted by atomic mass is 10.1. The zero-order chi connectivity index (χ0) is 31.0. The van der Waals surface area contributed by atoms with Crippen molar-refractivity contribution in [3.05, 3.63) is 87.4 Å². The molecule has 42 heavy (non-hydrogen) atoms. The number of rotatable bonds is 13. The number of amides is 2. The molecule has 226 valence electrons. The van der Waals surface area contributed by atoms with Crippen molar-refractivity contribution in [2.45, 2.75) is 44.7 Å². The third-order valence-corrected chi connectivity index (χ3v) is 9.18. The van der Waals surface area contributed by atoms with Crippen molar-refractivity contribution < 1.29 is 22.7 Å². The fourth-order valence-electron chi connectivity index (χ4n) is 4.27. The van der Waals surface area contributed by atoms with Crippen LogP contribution < -0.4 is 14.4 Å². The van der Waals surface area contributed by atoms with E-state index in [0.717, 1.165) is 4.31 Å². The number of carbonyl (C=O) groups excluding carboxylic acids is 2. The number of sulfonamides is 1. The molecule has 1 atom stereocenters. The fraction of sp³-hybridized carbons (Fsp3) is 0.333. The summed E-state index contributed by atoms with van der Waals surface area (Å²) in [6.45, 7) is 5.47. The van der Waals surface area contributed by atoms with Crippen LogP contribution in [-0.4, -0.2) is 51.4 Å². The van der Waals surface area contributed by atoms with Crippen LogP contribution in [0.2, 0.25) is 15.1 Å². The van der Waals surface area contributed by atoms with E-state index in [1.807, 2.05) is 13.8 Å². The second-order valence-electron chi connectivity index (χ2n) is 9.97. The monoisotopic (exact) mass is 653 g/mol. The number of anilines is 1. The molecule has 0 saturated heterocycles. The Labute approximate surface area is 262 Å². The van der Waals surface area contributed by atoms with E-state index in [9.17, 15) is 18.0 Å². The molecule has 0 aromatic heterocycles. The quantitative estimate of drug-likeness (QED) is 0.229. The van der Waals surface area contributed by atoms with Gasteiger partial charge < -0.3 is 15.0 Å². The molecule has 1 unspecified atom stereocenters. The van der Waals surface area contributed by atoms with Crippen LogP contribution in [0.4, 0.5) is 5.69 Å². The zero-order valence-corrected chi connectivity index (χ0v) is 26.9. The molecule has 12 heteroatoms. The minimum Gasteiger partial charge on any atom is -0.495 e. The van der Waals surface area contributed by atoms with Crippen molar-refractivity contribution in [3.63, 3.8) is 0 Å². The van der Waals surface area contributed by atoms with Gasteiger partial charge in [-0.25, -0.2) is 8.42 Å². The minimum atomic E-state index is -4.28. The van der Waals surface area contributed by atoms with E-state index in [4.69, 9.17) is 39.5 Å². The van der Waals surface area contributed by atoms with Crippen molar-refractivity contribution >= 4 is 62.3 Å². The molecule has 3 aromatic carbocycles. The maximum absolute atomic E-state index is 14.2. The van der Waals surface area contributed by atoms with Gasteiger partial charge >= 0.3 is 0 Å². The topological polar surface area (TPSA) is 96.0 Å². The van der Waals surface area contributed by atoms with Crippen LogP contribution in [0.3, 0.4) is 0 Å². The van der Waals surface area contributed by atoms with Gasteiger partial charge in [0.1, 0.15) is 18.3 Å². The largest absolute Gasteiger partial charge is 0.495 e. The molecule has 0 aliphatic heterocycles. The van der Waals surface area contributed by atoms with E-state index >= 15 is 0 Å². The van der Waals surface area contributed by atoms with Crippen LogP contribution >= 0.6 is 34.8 Å². The summed E-state index contributed by atoms with van der Waals surface area (Å²) in [4.78, 5) is 28.9. The first-order valence-electron chi connectivity index (χ1n) is 13.3. The standard InChI is InChI=1S/C30H34Cl3N3O5S/c1-5-26(30(38)34-17-20(2)3)35(18-21-11-13-24(32)25(33)15-21)29(37)19-36(27-16-22(31)12-14-28(27)41-4)42(39,40)23-9-7-6-8-10-23/h6-16,20,26H,5,17-19H2,1-4H3,(H,34,38). The zero-order valence-electron chi connectivity index (χ0n) is 23.8. The number of nitrogens with one attached hydrogen (secondary N) is 1. The number of carbonyl (C=O) groups is 2. The summed E-state index contributed by atoms with van der Waals surface area (Å²) in [5.74, 6) is -0.580. The molecular weight excluding hydrogens is 621 g/mol. The van der Waals surface area contributed by atoms with E-state index in [-0.39, 0.29) is 51.2 Å². The van der Waals surface area contributed by atoms with E-state index in [2.05, 4.69) is 5.32 Å². The molecule has 0 spiro atoms. The van der Waals surface area contributed by atoms with Crippen molar-refractivity contribution in [3.8, 4) is 5.75 Å². The fourth-order valence-corrected chi connectivity index (χ4v) is 6.19. The summed E-state index contributed by atoms with van der Waals surface area (Å²) in [6, 6.07) is 16.3. The smallest absolute Gasteiger partial charge is 0.264 e. The Bertz CT molecular complexity index is 1500. The maximum Gasteiger partial charge on any atom is 0.264 e.